The zero-order valence-electron chi connectivity index (χ0n) is 18.2. The lowest BCUT2D eigenvalue weighted by atomic mass is 10.2. The molecule has 0 aliphatic heterocycles. The molecule has 0 amide bonds. The molecule has 1 aromatic heterocycles. The van der Waals surface area contributed by atoms with Gasteiger partial charge in [-0.25, -0.2) is 0 Å². The molecule has 0 spiro atoms. The number of benzene rings is 2. The van der Waals surface area contributed by atoms with Crippen LogP contribution in [0, 0.1) is 13.8 Å². The molecular weight excluding hydrogens is 378 g/mol. The maximum Gasteiger partial charge on any atom is 0.161 e. The summed E-state index contributed by atoms with van der Waals surface area (Å²) in [4.78, 5) is 0. The summed E-state index contributed by atoms with van der Waals surface area (Å²) in [5.41, 5.74) is 8.62. The molecule has 0 saturated carbocycles. The average Bonchev–Trinajstić information content (AvgIpc) is 3.05. The molecule has 0 saturated heterocycles. The summed E-state index contributed by atoms with van der Waals surface area (Å²) in [6, 6.07) is 16.1. The Labute approximate surface area is 178 Å². The Morgan fingerprint density at radius 1 is 0.967 bits per heavy atom. The van der Waals surface area contributed by atoms with E-state index in [2.05, 4.69) is 47.1 Å². The van der Waals surface area contributed by atoms with E-state index < -0.39 is 0 Å². The fraction of sp³-hybridized carbons (Fsp3) is 0.292. The van der Waals surface area contributed by atoms with Crippen molar-refractivity contribution in [1.82, 2.24) is 9.99 Å². The number of hydrazone groups is 1. The second-order valence-corrected chi connectivity index (χ2v) is 6.87. The summed E-state index contributed by atoms with van der Waals surface area (Å²) in [6.07, 6.45) is 1.86. The van der Waals surface area contributed by atoms with Gasteiger partial charge in [0, 0.05) is 22.6 Å². The summed E-state index contributed by atoms with van der Waals surface area (Å²) >= 11 is 0. The highest BCUT2D eigenvalue weighted by Gasteiger charge is 2.10. The number of rotatable bonds is 9. The van der Waals surface area contributed by atoms with E-state index in [9.17, 15) is 0 Å². The minimum absolute atomic E-state index is 0.592. The van der Waals surface area contributed by atoms with Crippen molar-refractivity contribution < 1.29 is 14.2 Å². The predicted octanol–water partition coefficient (Wildman–Crippen LogP) is 4.63. The summed E-state index contributed by atoms with van der Waals surface area (Å²) in [5.74, 6) is 2.30. The van der Waals surface area contributed by atoms with Gasteiger partial charge < -0.3 is 24.2 Å². The first-order chi connectivity index (χ1) is 14.6. The third-order valence-corrected chi connectivity index (χ3v) is 4.90. The van der Waals surface area contributed by atoms with Gasteiger partial charge in [0.2, 0.25) is 0 Å². The van der Waals surface area contributed by atoms with E-state index in [0.29, 0.717) is 24.7 Å². The Morgan fingerprint density at radius 3 is 2.37 bits per heavy atom. The lowest BCUT2D eigenvalue weighted by Crippen LogP contribution is -2.06. The van der Waals surface area contributed by atoms with Crippen LogP contribution in [0.1, 0.15) is 29.4 Å². The van der Waals surface area contributed by atoms with Crippen molar-refractivity contribution in [1.29, 1.82) is 0 Å². The van der Waals surface area contributed by atoms with E-state index >= 15 is 0 Å². The molecular formula is C24H29N3O3. The summed E-state index contributed by atoms with van der Waals surface area (Å²) in [7, 11) is 3.26. The molecule has 0 unspecified atom stereocenters. The number of aromatic nitrogens is 1. The van der Waals surface area contributed by atoms with E-state index in [4.69, 9.17) is 14.2 Å². The van der Waals surface area contributed by atoms with Crippen molar-refractivity contribution >= 4 is 6.21 Å². The molecule has 0 atom stereocenters. The van der Waals surface area contributed by atoms with Crippen LogP contribution >= 0.6 is 0 Å². The van der Waals surface area contributed by atoms with Crippen LogP contribution in [0.5, 0.6) is 17.2 Å². The van der Waals surface area contributed by atoms with E-state index in [1.807, 2.05) is 43.5 Å². The van der Waals surface area contributed by atoms with Crippen LogP contribution < -0.4 is 19.6 Å². The van der Waals surface area contributed by atoms with Crippen LogP contribution in [0.25, 0.3) is 5.69 Å². The number of ether oxygens (including phenoxy) is 3. The van der Waals surface area contributed by atoms with Crippen LogP contribution in [0.2, 0.25) is 0 Å². The minimum Gasteiger partial charge on any atom is -0.494 e. The highest BCUT2D eigenvalue weighted by atomic mass is 16.5. The first kappa shape index (κ1) is 21.3. The fourth-order valence-corrected chi connectivity index (χ4v) is 3.42. The van der Waals surface area contributed by atoms with E-state index in [1.54, 1.807) is 14.2 Å². The van der Waals surface area contributed by atoms with Crippen LogP contribution in [-0.2, 0) is 6.54 Å². The zero-order chi connectivity index (χ0) is 21.5. The number of aryl methyl sites for hydroxylation is 1. The van der Waals surface area contributed by atoms with Gasteiger partial charge in [0.25, 0.3) is 0 Å². The van der Waals surface area contributed by atoms with E-state index in [1.165, 1.54) is 0 Å². The zero-order valence-corrected chi connectivity index (χ0v) is 18.2. The van der Waals surface area contributed by atoms with Crippen LogP contribution in [0.15, 0.2) is 53.6 Å². The van der Waals surface area contributed by atoms with Crippen LogP contribution in [0.3, 0.4) is 0 Å². The second-order valence-electron chi connectivity index (χ2n) is 6.87. The van der Waals surface area contributed by atoms with Crippen molar-refractivity contribution in [3.63, 3.8) is 0 Å². The summed E-state index contributed by atoms with van der Waals surface area (Å²) in [6.45, 7) is 7.43. The topological polar surface area (TPSA) is 57.0 Å². The molecule has 2 aromatic carbocycles. The molecule has 0 fully saturated rings. The highest BCUT2D eigenvalue weighted by molar-refractivity contribution is 5.82. The van der Waals surface area contributed by atoms with Gasteiger partial charge in [0.05, 0.1) is 33.6 Å². The number of methoxy groups -OCH3 is 2. The van der Waals surface area contributed by atoms with Gasteiger partial charge >= 0.3 is 0 Å². The van der Waals surface area contributed by atoms with E-state index in [-0.39, 0.29) is 0 Å². The Kier molecular flexibility index (Phi) is 7.01. The third-order valence-electron chi connectivity index (χ3n) is 4.90. The predicted molar refractivity (Wildman–Crippen MR) is 120 cm³/mol. The van der Waals surface area contributed by atoms with Crippen molar-refractivity contribution in [3.8, 4) is 22.9 Å². The third kappa shape index (κ3) is 4.76. The lowest BCUT2D eigenvalue weighted by molar-refractivity contribution is 0.340. The lowest BCUT2D eigenvalue weighted by Gasteiger charge is -2.11. The van der Waals surface area contributed by atoms with Crippen molar-refractivity contribution in [2.45, 2.75) is 27.3 Å². The molecule has 6 nitrogen and oxygen atoms in total. The molecule has 6 heteroatoms. The number of hydrogen-bond donors (Lipinski definition) is 1. The smallest absolute Gasteiger partial charge is 0.161 e. The van der Waals surface area contributed by atoms with Gasteiger partial charge in [-0.1, -0.05) is 6.07 Å². The Balaban J connectivity index is 1.69. The maximum absolute atomic E-state index is 5.54. The molecule has 1 heterocycles. The maximum atomic E-state index is 5.54. The van der Waals surface area contributed by atoms with Gasteiger partial charge in [-0.15, -0.1) is 0 Å². The normalized spacial score (nSPS) is 11.0. The van der Waals surface area contributed by atoms with Gasteiger partial charge in [0.1, 0.15) is 5.75 Å². The van der Waals surface area contributed by atoms with Gasteiger partial charge in [-0.3, -0.25) is 0 Å². The minimum atomic E-state index is 0.592. The van der Waals surface area contributed by atoms with Crippen LogP contribution in [-0.4, -0.2) is 31.6 Å². The average molecular weight is 408 g/mol. The first-order valence-corrected chi connectivity index (χ1v) is 9.96. The highest BCUT2D eigenvalue weighted by Crippen LogP contribution is 2.27. The monoisotopic (exact) mass is 407 g/mol. The molecule has 158 valence electrons. The van der Waals surface area contributed by atoms with Crippen molar-refractivity contribution in [2.75, 3.05) is 20.8 Å². The molecule has 0 bridgehead atoms. The van der Waals surface area contributed by atoms with Crippen LogP contribution in [0.4, 0.5) is 0 Å². The van der Waals surface area contributed by atoms with E-state index in [0.717, 1.165) is 34.0 Å². The molecule has 30 heavy (non-hydrogen) atoms. The Bertz CT molecular complexity index is 1010. The summed E-state index contributed by atoms with van der Waals surface area (Å²) in [5, 5.41) is 4.40. The molecule has 1 N–H and O–H groups in total. The second kappa shape index (κ2) is 9.87. The van der Waals surface area contributed by atoms with Crippen molar-refractivity contribution in [2.24, 2.45) is 5.10 Å². The molecule has 3 rings (SSSR count). The molecule has 3 aromatic rings. The Morgan fingerprint density at radius 2 is 1.70 bits per heavy atom. The first-order valence-electron chi connectivity index (χ1n) is 9.96. The SMILES string of the molecule is CCOc1ccc(-n2c(C)cc(/C=N/NCc3ccc(OC)c(OC)c3)c2C)cc1. The van der Waals surface area contributed by atoms with Crippen molar-refractivity contribution in [3.05, 3.63) is 71.0 Å². The number of nitrogens with one attached hydrogen (secondary N) is 1. The molecule has 0 aliphatic carbocycles. The quantitative estimate of drug-likeness (QED) is 0.415. The Hall–Kier alpha value is -3.41. The summed E-state index contributed by atoms with van der Waals surface area (Å²) < 4.78 is 18.4. The standard InChI is InChI=1S/C24H29N3O3/c1-6-30-22-10-8-21(9-11-22)27-17(2)13-20(18(27)3)16-26-25-15-19-7-12-23(28-4)24(14-19)29-5/h7-14,16,25H,6,15H2,1-5H3/b26-16+. The molecule has 0 aliphatic rings. The van der Waals surface area contributed by atoms with Gasteiger partial charge in [-0.2, -0.15) is 5.10 Å². The van der Waals surface area contributed by atoms with Gasteiger partial charge in [0.15, 0.2) is 11.5 Å². The molecule has 0 radical (unpaired) electrons. The fourth-order valence-electron chi connectivity index (χ4n) is 3.42. The largest absolute Gasteiger partial charge is 0.494 e. The number of nitrogens with zero attached hydrogens (tertiary/aromatic N) is 2. The number of hydrogen-bond acceptors (Lipinski definition) is 5. The van der Waals surface area contributed by atoms with Gasteiger partial charge in [-0.05, 0) is 68.8 Å².